The summed E-state index contributed by atoms with van der Waals surface area (Å²) in [6, 6.07) is 19.1. The molecule has 1 heterocycles. The lowest BCUT2D eigenvalue weighted by Crippen LogP contribution is -2.31. The molecule has 2 amide bonds. The molecular formula is C27H23NO6. The molecule has 0 saturated carbocycles. The molecular weight excluding hydrogens is 434 g/mol. The van der Waals surface area contributed by atoms with Crippen LogP contribution in [0.2, 0.25) is 0 Å². The van der Waals surface area contributed by atoms with Gasteiger partial charge < -0.3 is 14.2 Å². The first-order chi connectivity index (χ1) is 16.5. The standard InChI is InChI=1S/C27H23NO6/c1-32-23-13-9-19(17-24(23)33-2)10-14-25(29)34-20-11-7-18(8-12-20)15-16-28-26(30)21-5-3-4-6-22(21)27(28)31/h3-14,17H,15-16H2,1-2H3/b14-10+. The van der Waals surface area contributed by atoms with Gasteiger partial charge in [0.2, 0.25) is 0 Å². The SMILES string of the molecule is COc1ccc(/C=C/C(=O)Oc2ccc(CCN3C(=O)c4ccccc4C3=O)cc2)cc1OC. The highest BCUT2D eigenvalue weighted by Gasteiger charge is 2.34. The van der Waals surface area contributed by atoms with E-state index < -0.39 is 5.97 Å². The molecule has 0 saturated heterocycles. The van der Waals surface area contributed by atoms with Gasteiger partial charge in [-0.25, -0.2) is 4.79 Å². The van der Waals surface area contributed by atoms with Crippen molar-refractivity contribution in [1.82, 2.24) is 4.90 Å². The van der Waals surface area contributed by atoms with Crippen molar-refractivity contribution in [3.8, 4) is 17.2 Å². The maximum atomic E-state index is 12.5. The van der Waals surface area contributed by atoms with Crippen LogP contribution in [0.5, 0.6) is 17.2 Å². The van der Waals surface area contributed by atoms with Gasteiger partial charge in [-0.2, -0.15) is 0 Å². The van der Waals surface area contributed by atoms with Crippen LogP contribution in [-0.4, -0.2) is 43.4 Å². The Morgan fingerprint density at radius 2 is 1.50 bits per heavy atom. The molecule has 0 aliphatic carbocycles. The van der Waals surface area contributed by atoms with Crippen molar-refractivity contribution in [1.29, 1.82) is 0 Å². The fourth-order valence-electron chi connectivity index (χ4n) is 3.68. The summed E-state index contributed by atoms with van der Waals surface area (Å²) in [5.41, 5.74) is 2.56. The second kappa shape index (κ2) is 10.0. The Hall–Kier alpha value is -4.39. The van der Waals surface area contributed by atoms with E-state index >= 15 is 0 Å². The molecule has 0 unspecified atom stereocenters. The van der Waals surface area contributed by atoms with E-state index in [2.05, 4.69) is 0 Å². The molecule has 3 aromatic rings. The van der Waals surface area contributed by atoms with E-state index in [0.29, 0.717) is 34.8 Å². The van der Waals surface area contributed by atoms with Crippen LogP contribution in [0.15, 0.2) is 72.8 Å². The Morgan fingerprint density at radius 3 is 2.12 bits per heavy atom. The number of imide groups is 1. The molecule has 0 aromatic heterocycles. The Morgan fingerprint density at radius 1 is 0.853 bits per heavy atom. The summed E-state index contributed by atoms with van der Waals surface area (Å²) in [6.07, 6.45) is 3.46. The Bertz CT molecular complexity index is 1230. The zero-order valence-electron chi connectivity index (χ0n) is 18.8. The quantitative estimate of drug-likeness (QED) is 0.219. The molecule has 0 radical (unpaired) electrons. The fourth-order valence-corrected chi connectivity index (χ4v) is 3.68. The smallest absolute Gasteiger partial charge is 0.336 e. The summed E-state index contributed by atoms with van der Waals surface area (Å²) in [5, 5.41) is 0. The molecule has 0 spiro atoms. The van der Waals surface area contributed by atoms with Gasteiger partial charge in [0, 0.05) is 12.6 Å². The first kappa shape index (κ1) is 22.8. The average Bonchev–Trinajstić information content (AvgIpc) is 3.11. The van der Waals surface area contributed by atoms with E-state index in [1.165, 1.54) is 11.0 Å². The van der Waals surface area contributed by atoms with Crippen LogP contribution in [0.1, 0.15) is 31.8 Å². The predicted octanol–water partition coefficient (Wildman–Crippen LogP) is 4.16. The van der Waals surface area contributed by atoms with Gasteiger partial charge in [0.1, 0.15) is 5.75 Å². The largest absolute Gasteiger partial charge is 0.493 e. The van der Waals surface area contributed by atoms with Crippen molar-refractivity contribution in [2.75, 3.05) is 20.8 Å². The van der Waals surface area contributed by atoms with E-state index in [9.17, 15) is 14.4 Å². The number of benzene rings is 3. The van der Waals surface area contributed by atoms with Gasteiger partial charge in [-0.05, 0) is 60.0 Å². The molecule has 7 heteroatoms. The molecule has 3 aromatic carbocycles. The lowest BCUT2D eigenvalue weighted by Gasteiger charge is -2.13. The normalized spacial score (nSPS) is 12.7. The minimum Gasteiger partial charge on any atom is -0.493 e. The number of fused-ring (bicyclic) bond motifs is 1. The Kier molecular flexibility index (Phi) is 6.73. The van der Waals surface area contributed by atoms with Crippen LogP contribution >= 0.6 is 0 Å². The summed E-state index contributed by atoms with van der Waals surface area (Å²) in [5.74, 6) is 0.500. The third-order valence-electron chi connectivity index (χ3n) is 5.46. The topological polar surface area (TPSA) is 82.1 Å². The van der Waals surface area contributed by atoms with Crippen molar-refractivity contribution in [2.24, 2.45) is 0 Å². The summed E-state index contributed by atoms with van der Waals surface area (Å²) in [7, 11) is 3.10. The zero-order valence-corrected chi connectivity index (χ0v) is 18.8. The number of ether oxygens (including phenoxy) is 3. The van der Waals surface area contributed by atoms with E-state index in [0.717, 1.165) is 11.1 Å². The summed E-state index contributed by atoms with van der Waals surface area (Å²) in [4.78, 5) is 38.4. The number of nitrogens with zero attached hydrogens (tertiary/aromatic N) is 1. The average molecular weight is 457 g/mol. The number of hydrogen-bond acceptors (Lipinski definition) is 6. The second-order valence-corrected chi connectivity index (χ2v) is 7.57. The zero-order chi connectivity index (χ0) is 24.1. The second-order valence-electron chi connectivity index (χ2n) is 7.57. The number of amides is 2. The van der Waals surface area contributed by atoms with Crippen LogP contribution in [0, 0.1) is 0 Å². The van der Waals surface area contributed by atoms with Crippen molar-refractivity contribution in [3.63, 3.8) is 0 Å². The summed E-state index contributed by atoms with van der Waals surface area (Å²) in [6.45, 7) is 0.277. The van der Waals surface area contributed by atoms with Gasteiger partial charge in [0.05, 0.1) is 25.3 Å². The number of carbonyl (C=O) groups excluding carboxylic acids is 3. The molecule has 7 nitrogen and oxygen atoms in total. The molecule has 0 fully saturated rings. The van der Waals surface area contributed by atoms with Crippen LogP contribution in [-0.2, 0) is 11.2 Å². The number of methoxy groups -OCH3 is 2. The summed E-state index contributed by atoms with van der Waals surface area (Å²) < 4.78 is 15.8. The third-order valence-corrected chi connectivity index (χ3v) is 5.46. The highest BCUT2D eigenvalue weighted by Crippen LogP contribution is 2.28. The number of carbonyl (C=O) groups is 3. The Balaban J connectivity index is 1.32. The molecule has 34 heavy (non-hydrogen) atoms. The molecule has 4 rings (SSSR count). The lowest BCUT2D eigenvalue weighted by atomic mass is 10.1. The number of hydrogen-bond donors (Lipinski definition) is 0. The van der Waals surface area contributed by atoms with Gasteiger partial charge in [-0.3, -0.25) is 14.5 Å². The first-order valence-electron chi connectivity index (χ1n) is 10.7. The van der Waals surface area contributed by atoms with Gasteiger partial charge in [-0.1, -0.05) is 30.3 Å². The first-order valence-corrected chi connectivity index (χ1v) is 10.7. The molecule has 0 atom stereocenters. The van der Waals surface area contributed by atoms with E-state index in [1.807, 2.05) is 0 Å². The van der Waals surface area contributed by atoms with E-state index in [-0.39, 0.29) is 18.4 Å². The summed E-state index contributed by atoms with van der Waals surface area (Å²) >= 11 is 0. The van der Waals surface area contributed by atoms with Crippen molar-refractivity contribution in [2.45, 2.75) is 6.42 Å². The van der Waals surface area contributed by atoms with Crippen LogP contribution in [0.25, 0.3) is 6.08 Å². The minimum atomic E-state index is -0.520. The highest BCUT2D eigenvalue weighted by molar-refractivity contribution is 6.21. The number of rotatable bonds is 8. The van der Waals surface area contributed by atoms with Crippen molar-refractivity contribution >= 4 is 23.9 Å². The van der Waals surface area contributed by atoms with Crippen molar-refractivity contribution in [3.05, 3.63) is 95.1 Å². The Labute approximate surface area is 197 Å². The maximum absolute atomic E-state index is 12.5. The molecule has 0 bridgehead atoms. The minimum absolute atomic E-state index is 0.271. The van der Waals surface area contributed by atoms with Gasteiger partial charge in [0.25, 0.3) is 11.8 Å². The van der Waals surface area contributed by atoms with Crippen molar-refractivity contribution < 1.29 is 28.6 Å². The van der Waals surface area contributed by atoms with Crippen LogP contribution in [0.3, 0.4) is 0 Å². The van der Waals surface area contributed by atoms with Crippen LogP contribution < -0.4 is 14.2 Å². The fraction of sp³-hybridized carbons (Fsp3) is 0.148. The molecule has 172 valence electrons. The van der Waals surface area contributed by atoms with Gasteiger partial charge in [-0.15, -0.1) is 0 Å². The lowest BCUT2D eigenvalue weighted by molar-refractivity contribution is -0.128. The van der Waals surface area contributed by atoms with Crippen LogP contribution in [0.4, 0.5) is 0 Å². The molecule has 0 N–H and O–H groups in total. The molecule has 1 aliphatic rings. The predicted molar refractivity (Wildman–Crippen MR) is 126 cm³/mol. The van der Waals surface area contributed by atoms with Gasteiger partial charge >= 0.3 is 5.97 Å². The van der Waals surface area contributed by atoms with E-state index in [1.54, 1.807) is 87.0 Å². The number of esters is 1. The maximum Gasteiger partial charge on any atom is 0.336 e. The monoisotopic (exact) mass is 457 g/mol. The van der Waals surface area contributed by atoms with Gasteiger partial charge in [0.15, 0.2) is 11.5 Å². The highest BCUT2D eigenvalue weighted by atomic mass is 16.5. The van der Waals surface area contributed by atoms with E-state index in [4.69, 9.17) is 14.2 Å². The third kappa shape index (κ3) is 4.83. The molecule has 1 aliphatic heterocycles.